The Morgan fingerprint density at radius 2 is 1.94 bits per heavy atom. The van der Waals surface area contributed by atoms with Crippen molar-refractivity contribution in [2.75, 3.05) is 6.54 Å². The molecule has 0 heterocycles. The molecule has 0 spiro atoms. The van der Waals surface area contributed by atoms with Crippen molar-refractivity contribution in [3.05, 3.63) is 35.9 Å². The smallest absolute Gasteiger partial charge is 0.000824 e. The largest absolute Gasteiger partial charge is 0.330 e. The van der Waals surface area contributed by atoms with Crippen LogP contribution in [-0.4, -0.2) is 6.54 Å². The van der Waals surface area contributed by atoms with Gasteiger partial charge in [-0.05, 0) is 67.9 Å². The molecular formula is C17H25N. The SMILES string of the molecule is NCC(CCC1CC2CCC1C2)c1ccccc1. The molecule has 18 heavy (non-hydrogen) atoms. The fourth-order valence-electron chi connectivity index (χ4n) is 4.29. The van der Waals surface area contributed by atoms with Gasteiger partial charge in [0.25, 0.3) is 0 Å². The van der Waals surface area contributed by atoms with Crippen LogP contribution in [0.15, 0.2) is 30.3 Å². The molecule has 4 atom stereocenters. The van der Waals surface area contributed by atoms with Gasteiger partial charge in [-0.3, -0.25) is 0 Å². The van der Waals surface area contributed by atoms with E-state index in [1.54, 1.807) is 0 Å². The first-order valence-corrected chi connectivity index (χ1v) is 7.62. The predicted octanol–water partition coefficient (Wildman–Crippen LogP) is 3.95. The van der Waals surface area contributed by atoms with Crippen LogP contribution in [0.25, 0.3) is 0 Å². The van der Waals surface area contributed by atoms with Gasteiger partial charge in [0, 0.05) is 0 Å². The van der Waals surface area contributed by atoms with Crippen molar-refractivity contribution in [1.29, 1.82) is 0 Å². The zero-order valence-electron chi connectivity index (χ0n) is 11.2. The minimum absolute atomic E-state index is 0.574. The maximum absolute atomic E-state index is 5.97. The summed E-state index contributed by atoms with van der Waals surface area (Å²) < 4.78 is 0. The zero-order chi connectivity index (χ0) is 12.4. The molecule has 2 N–H and O–H groups in total. The van der Waals surface area contributed by atoms with Crippen LogP contribution in [0.5, 0.6) is 0 Å². The third kappa shape index (κ3) is 2.47. The molecule has 2 fully saturated rings. The van der Waals surface area contributed by atoms with Gasteiger partial charge in [-0.2, -0.15) is 0 Å². The van der Waals surface area contributed by atoms with Crippen molar-refractivity contribution in [1.82, 2.24) is 0 Å². The molecule has 2 saturated carbocycles. The van der Waals surface area contributed by atoms with Gasteiger partial charge in [0.2, 0.25) is 0 Å². The van der Waals surface area contributed by atoms with E-state index in [0.717, 1.165) is 24.3 Å². The lowest BCUT2D eigenvalue weighted by atomic mass is 9.82. The Labute approximate surface area is 111 Å². The van der Waals surface area contributed by atoms with E-state index in [2.05, 4.69) is 30.3 Å². The quantitative estimate of drug-likeness (QED) is 0.832. The summed E-state index contributed by atoms with van der Waals surface area (Å²) in [5.41, 5.74) is 7.40. The van der Waals surface area contributed by atoms with E-state index in [-0.39, 0.29) is 0 Å². The number of hydrogen-bond acceptors (Lipinski definition) is 1. The van der Waals surface area contributed by atoms with E-state index in [4.69, 9.17) is 5.73 Å². The summed E-state index contributed by atoms with van der Waals surface area (Å²) in [4.78, 5) is 0. The predicted molar refractivity (Wildman–Crippen MR) is 76.4 cm³/mol. The Balaban J connectivity index is 1.55. The Morgan fingerprint density at radius 3 is 2.56 bits per heavy atom. The molecule has 0 aromatic heterocycles. The van der Waals surface area contributed by atoms with Gasteiger partial charge in [0.1, 0.15) is 0 Å². The van der Waals surface area contributed by atoms with Crippen molar-refractivity contribution in [3.63, 3.8) is 0 Å². The van der Waals surface area contributed by atoms with Gasteiger partial charge in [-0.25, -0.2) is 0 Å². The topological polar surface area (TPSA) is 26.0 Å². The monoisotopic (exact) mass is 243 g/mol. The number of rotatable bonds is 5. The molecule has 4 unspecified atom stereocenters. The Morgan fingerprint density at radius 1 is 1.11 bits per heavy atom. The van der Waals surface area contributed by atoms with E-state index in [1.807, 2.05) is 0 Å². The summed E-state index contributed by atoms with van der Waals surface area (Å²) in [7, 11) is 0. The highest BCUT2D eigenvalue weighted by Crippen LogP contribution is 2.50. The molecular weight excluding hydrogens is 218 g/mol. The summed E-state index contributed by atoms with van der Waals surface area (Å²) in [5.74, 6) is 3.73. The van der Waals surface area contributed by atoms with Crippen LogP contribution >= 0.6 is 0 Å². The Bertz CT molecular complexity index is 372. The molecule has 2 aliphatic carbocycles. The van der Waals surface area contributed by atoms with E-state index in [9.17, 15) is 0 Å². The highest BCUT2D eigenvalue weighted by molar-refractivity contribution is 5.19. The zero-order valence-corrected chi connectivity index (χ0v) is 11.2. The van der Waals surface area contributed by atoms with Gasteiger partial charge in [0.05, 0.1) is 0 Å². The second-order valence-electron chi connectivity index (χ2n) is 6.36. The first-order chi connectivity index (χ1) is 8.86. The van der Waals surface area contributed by atoms with E-state index in [1.165, 1.54) is 44.1 Å². The first-order valence-electron chi connectivity index (χ1n) is 7.62. The molecule has 2 aliphatic rings. The third-order valence-corrected chi connectivity index (χ3v) is 5.33. The number of nitrogens with two attached hydrogens (primary N) is 1. The minimum Gasteiger partial charge on any atom is -0.330 e. The molecule has 0 amide bonds. The van der Waals surface area contributed by atoms with Gasteiger partial charge >= 0.3 is 0 Å². The molecule has 2 bridgehead atoms. The van der Waals surface area contributed by atoms with Crippen LogP contribution < -0.4 is 5.73 Å². The van der Waals surface area contributed by atoms with Crippen LogP contribution in [-0.2, 0) is 0 Å². The summed E-state index contributed by atoms with van der Waals surface area (Å²) >= 11 is 0. The second-order valence-corrected chi connectivity index (χ2v) is 6.36. The summed E-state index contributed by atoms with van der Waals surface area (Å²) in [6, 6.07) is 10.8. The van der Waals surface area contributed by atoms with E-state index >= 15 is 0 Å². The molecule has 1 nitrogen and oxygen atoms in total. The highest BCUT2D eigenvalue weighted by Gasteiger charge is 2.39. The summed E-state index contributed by atoms with van der Waals surface area (Å²) in [5, 5.41) is 0. The molecule has 98 valence electrons. The van der Waals surface area contributed by atoms with Gasteiger partial charge in [0.15, 0.2) is 0 Å². The molecule has 1 aromatic carbocycles. The van der Waals surface area contributed by atoms with Crippen molar-refractivity contribution in [2.45, 2.75) is 44.4 Å². The van der Waals surface area contributed by atoms with Crippen molar-refractivity contribution < 1.29 is 0 Å². The molecule has 0 aliphatic heterocycles. The average Bonchev–Trinajstić information content (AvgIpc) is 3.03. The Kier molecular flexibility index (Phi) is 3.69. The maximum Gasteiger partial charge on any atom is -0.000824 e. The van der Waals surface area contributed by atoms with Crippen LogP contribution in [0.1, 0.15) is 50.0 Å². The first kappa shape index (κ1) is 12.2. The normalized spacial score (nSPS) is 31.7. The number of fused-ring (bicyclic) bond motifs is 2. The van der Waals surface area contributed by atoms with Crippen molar-refractivity contribution in [3.8, 4) is 0 Å². The van der Waals surface area contributed by atoms with Crippen molar-refractivity contribution >= 4 is 0 Å². The third-order valence-electron chi connectivity index (χ3n) is 5.33. The standard InChI is InChI=1S/C17H25N/c18-12-17(14-4-2-1-3-5-14)9-8-16-11-13-6-7-15(16)10-13/h1-5,13,15-17H,6-12,18H2. The molecule has 1 heteroatoms. The fourth-order valence-corrected chi connectivity index (χ4v) is 4.29. The average molecular weight is 243 g/mol. The maximum atomic E-state index is 5.97. The molecule has 0 saturated heterocycles. The molecule has 3 rings (SSSR count). The van der Waals surface area contributed by atoms with Gasteiger partial charge < -0.3 is 5.73 Å². The fraction of sp³-hybridized carbons (Fsp3) is 0.647. The molecule has 1 aromatic rings. The van der Waals surface area contributed by atoms with Crippen LogP contribution in [0.4, 0.5) is 0 Å². The lowest BCUT2D eigenvalue weighted by molar-refractivity contribution is 0.301. The number of hydrogen-bond donors (Lipinski definition) is 1. The minimum atomic E-state index is 0.574. The lowest BCUT2D eigenvalue weighted by Crippen LogP contribution is -2.16. The van der Waals surface area contributed by atoms with E-state index in [0.29, 0.717) is 5.92 Å². The summed E-state index contributed by atoms with van der Waals surface area (Å²) in [6.07, 6.45) is 8.75. The summed E-state index contributed by atoms with van der Waals surface area (Å²) in [6.45, 7) is 0.796. The van der Waals surface area contributed by atoms with Crippen LogP contribution in [0.3, 0.4) is 0 Å². The number of benzene rings is 1. The van der Waals surface area contributed by atoms with Gasteiger partial charge in [-0.1, -0.05) is 36.8 Å². The lowest BCUT2D eigenvalue weighted by Gasteiger charge is -2.24. The second kappa shape index (κ2) is 5.44. The van der Waals surface area contributed by atoms with E-state index < -0.39 is 0 Å². The van der Waals surface area contributed by atoms with Gasteiger partial charge in [-0.15, -0.1) is 0 Å². The Hall–Kier alpha value is -0.820. The van der Waals surface area contributed by atoms with Crippen LogP contribution in [0, 0.1) is 17.8 Å². The van der Waals surface area contributed by atoms with Crippen LogP contribution in [0.2, 0.25) is 0 Å². The highest BCUT2D eigenvalue weighted by atomic mass is 14.5. The van der Waals surface area contributed by atoms with Crippen molar-refractivity contribution in [2.24, 2.45) is 23.5 Å². The molecule has 0 radical (unpaired) electrons.